The molecule has 2 aromatic rings. The lowest BCUT2D eigenvalue weighted by atomic mass is 10.2. The quantitative estimate of drug-likeness (QED) is 0.702. The van der Waals surface area contributed by atoms with Crippen LogP contribution in [0, 0.1) is 12.3 Å². The highest BCUT2D eigenvalue weighted by molar-refractivity contribution is 6.36. The van der Waals surface area contributed by atoms with Gasteiger partial charge >= 0.3 is 0 Å². The average Bonchev–Trinajstić information content (AvgIpc) is 2.52. The topological polar surface area (TPSA) is 30.5 Å². The zero-order valence-electron chi connectivity index (χ0n) is 12.3. The van der Waals surface area contributed by atoms with Gasteiger partial charge in [-0.1, -0.05) is 40.7 Å². The van der Waals surface area contributed by atoms with Gasteiger partial charge in [0.25, 0.3) is 0 Å². The van der Waals surface area contributed by atoms with Crippen LogP contribution >= 0.6 is 34.8 Å². The van der Waals surface area contributed by atoms with Gasteiger partial charge in [-0.2, -0.15) is 0 Å². The molecule has 2 rings (SSSR count). The average molecular weight is 371 g/mol. The van der Waals surface area contributed by atoms with Crippen LogP contribution in [-0.4, -0.2) is 13.7 Å². The highest BCUT2D eigenvalue weighted by Crippen LogP contribution is 2.36. The smallest absolute Gasteiger partial charge is 0.181 e. The second-order valence-electron chi connectivity index (χ2n) is 4.58. The van der Waals surface area contributed by atoms with Crippen molar-refractivity contribution in [3.63, 3.8) is 0 Å². The van der Waals surface area contributed by atoms with Crippen molar-refractivity contribution in [2.24, 2.45) is 0 Å². The second-order valence-corrected chi connectivity index (χ2v) is 5.83. The molecule has 0 radical (unpaired) electrons. The molecule has 0 unspecified atom stereocenters. The van der Waals surface area contributed by atoms with Crippen molar-refractivity contribution in [1.82, 2.24) is 0 Å². The summed E-state index contributed by atoms with van der Waals surface area (Å²) in [5.41, 5.74) is 1.68. The lowest BCUT2D eigenvalue weighted by Gasteiger charge is -2.14. The van der Waals surface area contributed by atoms with Gasteiger partial charge in [0.05, 0.1) is 22.8 Å². The van der Waals surface area contributed by atoms with E-state index in [0.29, 0.717) is 33.1 Å². The lowest BCUT2D eigenvalue weighted by Crippen LogP contribution is -2.03. The maximum absolute atomic E-state index is 6.24. The summed E-state index contributed by atoms with van der Waals surface area (Å²) in [5, 5.41) is 4.78. The number of terminal acetylenes is 1. The van der Waals surface area contributed by atoms with Gasteiger partial charge in [-0.05, 0) is 35.9 Å². The van der Waals surface area contributed by atoms with Crippen LogP contribution in [0.1, 0.15) is 5.56 Å². The van der Waals surface area contributed by atoms with Crippen molar-refractivity contribution >= 4 is 40.5 Å². The number of benzene rings is 2. The minimum absolute atomic E-state index is 0.119. The Morgan fingerprint density at radius 3 is 2.57 bits per heavy atom. The van der Waals surface area contributed by atoms with Crippen LogP contribution < -0.4 is 14.8 Å². The highest BCUT2D eigenvalue weighted by Gasteiger charge is 2.12. The van der Waals surface area contributed by atoms with Crippen LogP contribution in [0.4, 0.5) is 5.69 Å². The number of halogens is 3. The van der Waals surface area contributed by atoms with Gasteiger partial charge in [-0.25, -0.2) is 0 Å². The first-order valence-corrected chi connectivity index (χ1v) is 7.80. The van der Waals surface area contributed by atoms with Crippen molar-refractivity contribution in [3.8, 4) is 23.8 Å². The Labute approximate surface area is 150 Å². The Bertz CT molecular complexity index is 741. The standard InChI is InChI=1S/C17H14Cl3NO2/c1-3-6-23-17-14(20)7-11(8-16(17)22-2)10-21-15-5-4-12(18)9-13(15)19/h1,4-5,7-9,21H,6,10H2,2H3. The molecule has 0 spiro atoms. The van der Waals surface area contributed by atoms with Crippen LogP contribution in [0.15, 0.2) is 30.3 Å². The van der Waals surface area contributed by atoms with Crippen LogP contribution in [0.25, 0.3) is 0 Å². The summed E-state index contributed by atoms with van der Waals surface area (Å²) in [6.45, 7) is 0.626. The minimum atomic E-state index is 0.119. The van der Waals surface area contributed by atoms with E-state index in [0.717, 1.165) is 11.3 Å². The van der Waals surface area contributed by atoms with Crippen LogP contribution in [-0.2, 0) is 6.54 Å². The Morgan fingerprint density at radius 2 is 1.91 bits per heavy atom. The van der Waals surface area contributed by atoms with Crippen molar-refractivity contribution < 1.29 is 9.47 Å². The lowest BCUT2D eigenvalue weighted by molar-refractivity contribution is 0.331. The Kier molecular flexibility index (Phi) is 6.29. The van der Waals surface area contributed by atoms with Crippen molar-refractivity contribution in [3.05, 3.63) is 51.0 Å². The van der Waals surface area contributed by atoms with Gasteiger partial charge in [-0.15, -0.1) is 6.42 Å². The molecule has 0 heterocycles. The first-order chi connectivity index (χ1) is 11.0. The van der Waals surface area contributed by atoms with E-state index in [1.807, 2.05) is 12.1 Å². The molecule has 0 atom stereocenters. The number of hydrogen-bond donors (Lipinski definition) is 1. The third-order valence-corrected chi connectivity index (χ3v) is 3.83. The summed E-state index contributed by atoms with van der Waals surface area (Å²) in [4.78, 5) is 0. The molecular formula is C17H14Cl3NO2. The molecule has 120 valence electrons. The zero-order valence-corrected chi connectivity index (χ0v) is 14.6. The third-order valence-electron chi connectivity index (χ3n) is 3.00. The van der Waals surface area contributed by atoms with Crippen LogP contribution in [0.2, 0.25) is 15.1 Å². The van der Waals surface area contributed by atoms with Gasteiger partial charge < -0.3 is 14.8 Å². The second kappa shape index (κ2) is 8.21. The van der Waals surface area contributed by atoms with Crippen molar-refractivity contribution in [1.29, 1.82) is 0 Å². The third kappa shape index (κ3) is 4.62. The van der Waals surface area contributed by atoms with Crippen molar-refractivity contribution in [2.75, 3.05) is 19.0 Å². The van der Waals surface area contributed by atoms with Crippen LogP contribution in [0.5, 0.6) is 11.5 Å². The molecule has 0 bridgehead atoms. The maximum atomic E-state index is 6.24. The molecule has 6 heteroatoms. The highest BCUT2D eigenvalue weighted by atomic mass is 35.5. The number of anilines is 1. The predicted octanol–water partition coefficient (Wildman–Crippen LogP) is 5.28. The Morgan fingerprint density at radius 1 is 1.13 bits per heavy atom. The molecule has 2 aromatic carbocycles. The van der Waals surface area contributed by atoms with E-state index in [4.69, 9.17) is 50.7 Å². The Balaban J connectivity index is 2.17. The summed E-state index contributed by atoms with van der Waals surface area (Å²) in [7, 11) is 1.54. The molecule has 0 aliphatic carbocycles. The summed E-state index contributed by atoms with van der Waals surface area (Å²) in [5.74, 6) is 3.34. The van der Waals surface area contributed by atoms with E-state index in [2.05, 4.69) is 11.2 Å². The predicted molar refractivity (Wildman–Crippen MR) is 96.1 cm³/mol. The van der Waals surface area contributed by atoms with Gasteiger partial charge in [0.1, 0.15) is 6.61 Å². The fourth-order valence-corrected chi connectivity index (χ4v) is 2.72. The molecule has 0 aromatic heterocycles. The summed E-state index contributed by atoms with van der Waals surface area (Å²) in [6.07, 6.45) is 5.19. The van der Waals surface area contributed by atoms with Gasteiger partial charge in [0.2, 0.25) is 0 Å². The minimum Gasteiger partial charge on any atom is -0.493 e. The van der Waals surface area contributed by atoms with E-state index in [-0.39, 0.29) is 6.61 Å². The fourth-order valence-electron chi connectivity index (χ4n) is 1.96. The maximum Gasteiger partial charge on any atom is 0.181 e. The van der Waals surface area contributed by atoms with E-state index in [1.54, 1.807) is 25.3 Å². The van der Waals surface area contributed by atoms with Gasteiger partial charge in [-0.3, -0.25) is 0 Å². The normalized spacial score (nSPS) is 10.0. The first-order valence-electron chi connectivity index (χ1n) is 6.66. The molecular weight excluding hydrogens is 357 g/mol. The molecule has 1 N–H and O–H groups in total. The number of rotatable bonds is 6. The largest absolute Gasteiger partial charge is 0.493 e. The monoisotopic (exact) mass is 369 g/mol. The number of nitrogens with one attached hydrogen (secondary N) is 1. The molecule has 0 saturated heterocycles. The zero-order chi connectivity index (χ0) is 16.8. The molecule has 23 heavy (non-hydrogen) atoms. The van der Waals surface area contributed by atoms with E-state index in [1.165, 1.54) is 0 Å². The van der Waals surface area contributed by atoms with E-state index < -0.39 is 0 Å². The van der Waals surface area contributed by atoms with E-state index >= 15 is 0 Å². The summed E-state index contributed by atoms with van der Waals surface area (Å²) in [6, 6.07) is 8.87. The SMILES string of the molecule is C#CCOc1c(Cl)cc(CNc2ccc(Cl)cc2Cl)cc1OC. The number of methoxy groups -OCH3 is 1. The van der Waals surface area contributed by atoms with Crippen molar-refractivity contribution in [2.45, 2.75) is 6.54 Å². The molecule has 0 aliphatic rings. The van der Waals surface area contributed by atoms with Gasteiger partial charge in [0, 0.05) is 11.6 Å². The molecule has 0 amide bonds. The molecule has 3 nitrogen and oxygen atoms in total. The summed E-state index contributed by atoms with van der Waals surface area (Å²) < 4.78 is 10.7. The number of hydrogen-bond acceptors (Lipinski definition) is 3. The van der Waals surface area contributed by atoms with Gasteiger partial charge in [0.15, 0.2) is 11.5 Å². The summed E-state index contributed by atoms with van der Waals surface area (Å²) >= 11 is 18.2. The fraction of sp³-hybridized carbons (Fsp3) is 0.176. The Hall–Kier alpha value is -1.73. The number of ether oxygens (including phenoxy) is 2. The molecule has 0 fully saturated rings. The molecule has 0 aliphatic heterocycles. The van der Waals surface area contributed by atoms with E-state index in [9.17, 15) is 0 Å². The first kappa shape index (κ1) is 17.6. The molecule has 0 saturated carbocycles. The van der Waals surface area contributed by atoms with Crippen LogP contribution in [0.3, 0.4) is 0 Å².